The number of alkyl halides is 3. The quantitative estimate of drug-likeness (QED) is 0.623. The van der Waals surface area contributed by atoms with Gasteiger partial charge in [0.15, 0.2) is 0 Å². The maximum absolute atomic E-state index is 10.5. The van der Waals surface area contributed by atoms with Gasteiger partial charge in [0.05, 0.1) is 6.04 Å². The molecular weight excluding hydrogens is 211 g/mol. The van der Waals surface area contributed by atoms with E-state index >= 15 is 0 Å². The van der Waals surface area contributed by atoms with E-state index in [9.17, 15) is 13.2 Å². The van der Waals surface area contributed by atoms with E-state index < -0.39 is 12.1 Å². The largest absolute Gasteiger partial charge is 0.542 e. The first kappa shape index (κ1) is 12.3. The summed E-state index contributed by atoms with van der Waals surface area (Å²) in [6, 6.07) is 0.830. The lowest BCUT2D eigenvalue weighted by molar-refractivity contribution is -0.481. The van der Waals surface area contributed by atoms with Gasteiger partial charge < -0.3 is 15.6 Å². The number of aliphatic carboxylic acids is 1. The Morgan fingerprint density at radius 2 is 1.80 bits per heavy atom. The Hall–Kier alpha value is -0.780. The Bertz CT molecular complexity index is 243. The number of rotatable bonds is 0. The van der Waals surface area contributed by atoms with Crippen LogP contribution in [0.15, 0.2) is 0 Å². The van der Waals surface area contributed by atoms with Crippen molar-refractivity contribution in [3.05, 3.63) is 0 Å². The highest BCUT2D eigenvalue weighted by molar-refractivity contribution is 5.70. The van der Waals surface area contributed by atoms with E-state index in [1.54, 1.807) is 0 Å². The smallest absolute Gasteiger partial charge is 0.430 e. The summed E-state index contributed by atoms with van der Waals surface area (Å²) < 4.78 is 31.5. The van der Waals surface area contributed by atoms with Crippen LogP contribution in [0, 0.1) is 5.41 Å². The van der Waals surface area contributed by atoms with Gasteiger partial charge in [0, 0.05) is 11.8 Å². The Labute approximate surface area is 85.4 Å². The second kappa shape index (κ2) is 4.00. The standard InChI is InChI=1S/C7H13N.C2HF3O2/c8-6-2-5-7(6)3-1-4-7;3-2(4,5)1(6)7/h6H,1-5,8H2;(H,6,7). The molecule has 2 fully saturated rings. The molecule has 2 aliphatic carbocycles. The van der Waals surface area contributed by atoms with E-state index in [1.165, 1.54) is 32.1 Å². The van der Waals surface area contributed by atoms with Crippen LogP contribution in [0.4, 0.5) is 13.2 Å². The molecule has 1 spiro atoms. The molecule has 1 unspecified atom stereocenters. The van der Waals surface area contributed by atoms with Gasteiger partial charge >= 0.3 is 6.18 Å². The highest BCUT2D eigenvalue weighted by Crippen LogP contribution is 2.54. The molecule has 6 heteroatoms. The summed E-state index contributed by atoms with van der Waals surface area (Å²) in [5.41, 5.74) is 4.91. The van der Waals surface area contributed by atoms with Crippen molar-refractivity contribution in [1.29, 1.82) is 0 Å². The number of hydrogen-bond acceptors (Lipinski definition) is 2. The van der Waals surface area contributed by atoms with Crippen molar-refractivity contribution in [3.8, 4) is 0 Å². The first-order valence-corrected chi connectivity index (χ1v) is 4.89. The van der Waals surface area contributed by atoms with Crippen LogP contribution in [0.5, 0.6) is 0 Å². The van der Waals surface area contributed by atoms with Gasteiger partial charge in [-0.05, 0) is 19.3 Å². The first-order valence-electron chi connectivity index (χ1n) is 4.89. The van der Waals surface area contributed by atoms with Gasteiger partial charge in [0.1, 0.15) is 5.97 Å². The predicted octanol–water partition coefficient (Wildman–Crippen LogP) is -0.140. The number of carbonyl (C=O) groups excluding carboxylic acids is 1. The van der Waals surface area contributed by atoms with Crippen molar-refractivity contribution >= 4 is 5.97 Å². The minimum atomic E-state index is -5.19. The molecule has 2 saturated carbocycles. The molecule has 0 aromatic rings. The Morgan fingerprint density at radius 3 is 1.80 bits per heavy atom. The summed E-state index contributed by atoms with van der Waals surface area (Å²) in [6.07, 6.45) is 2.15. The summed E-state index contributed by atoms with van der Waals surface area (Å²) >= 11 is 0. The second-order valence-electron chi connectivity index (χ2n) is 4.24. The zero-order valence-corrected chi connectivity index (χ0v) is 8.27. The SMILES string of the molecule is O=C([O-])C(F)(F)F.[NH3+]C1CCC12CCC2. The molecule has 0 amide bonds. The third kappa shape index (κ3) is 2.62. The van der Waals surface area contributed by atoms with Crippen molar-refractivity contribution in [2.24, 2.45) is 5.41 Å². The number of carboxylic acid groups (broad SMARTS) is 1. The fraction of sp³-hybridized carbons (Fsp3) is 0.889. The number of quaternary nitrogens is 1. The second-order valence-corrected chi connectivity index (χ2v) is 4.24. The fourth-order valence-electron chi connectivity index (χ4n) is 2.05. The number of hydrogen-bond donors (Lipinski definition) is 1. The third-order valence-corrected chi connectivity index (χ3v) is 3.44. The molecule has 0 saturated heterocycles. The fourth-order valence-corrected chi connectivity index (χ4v) is 2.05. The molecule has 15 heavy (non-hydrogen) atoms. The van der Waals surface area contributed by atoms with Gasteiger partial charge in [-0.1, -0.05) is 6.42 Å². The van der Waals surface area contributed by atoms with Crippen LogP contribution in [-0.2, 0) is 4.79 Å². The van der Waals surface area contributed by atoms with E-state index in [1.807, 2.05) is 0 Å². The molecule has 3 N–H and O–H groups in total. The van der Waals surface area contributed by atoms with E-state index in [2.05, 4.69) is 5.73 Å². The lowest BCUT2D eigenvalue weighted by atomic mass is 9.53. The van der Waals surface area contributed by atoms with Crippen LogP contribution >= 0.6 is 0 Å². The lowest BCUT2D eigenvalue weighted by Gasteiger charge is -2.51. The molecule has 0 aromatic heterocycles. The maximum atomic E-state index is 10.5. The van der Waals surface area contributed by atoms with Gasteiger partial charge in [-0.15, -0.1) is 0 Å². The average Bonchev–Trinajstić information content (AvgIpc) is 1.98. The summed E-state index contributed by atoms with van der Waals surface area (Å²) in [7, 11) is 0. The summed E-state index contributed by atoms with van der Waals surface area (Å²) in [5, 5.41) is 8.78. The minimum Gasteiger partial charge on any atom is -0.542 e. The van der Waals surface area contributed by atoms with E-state index in [0.29, 0.717) is 0 Å². The molecule has 0 bridgehead atoms. The Kier molecular flexibility index (Phi) is 3.28. The van der Waals surface area contributed by atoms with Gasteiger partial charge in [0.25, 0.3) is 0 Å². The zero-order valence-electron chi connectivity index (χ0n) is 8.27. The molecule has 1 atom stereocenters. The van der Waals surface area contributed by atoms with Crippen LogP contribution in [0.1, 0.15) is 32.1 Å². The highest BCUT2D eigenvalue weighted by atomic mass is 19.4. The molecule has 2 aliphatic rings. The Morgan fingerprint density at radius 1 is 1.33 bits per heavy atom. The number of carboxylic acids is 1. The third-order valence-electron chi connectivity index (χ3n) is 3.44. The van der Waals surface area contributed by atoms with Crippen LogP contribution in [0.2, 0.25) is 0 Å². The number of halogens is 3. The summed E-state index contributed by atoms with van der Waals surface area (Å²) in [5.74, 6) is -3.01. The molecule has 0 radical (unpaired) electrons. The highest BCUT2D eigenvalue weighted by Gasteiger charge is 2.51. The van der Waals surface area contributed by atoms with E-state index in [4.69, 9.17) is 9.90 Å². The van der Waals surface area contributed by atoms with Gasteiger partial charge in [-0.25, -0.2) is 0 Å². The molecular formula is C9H14F3NO2. The normalized spacial score (nSPS) is 27.1. The lowest BCUT2D eigenvalue weighted by Crippen LogP contribution is -2.75. The van der Waals surface area contributed by atoms with Crippen LogP contribution in [-0.4, -0.2) is 18.2 Å². The summed E-state index contributed by atoms with van der Waals surface area (Å²) in [4.78, 5) is 8.78. The van der Waals surface area contributed by atoms with Crippen LogP contribution in [0.3, 0.4) is 0 Å². The van der Waals surface area contributed by atoms with E-state index in [0.717, 1.165) is 11.5 Å². The van der Waals surface area contributed by atoms with Crippen molar-refractivity contribution in [1.82, 2.24) is 0 Å². The zero-order chi connectivity index (χ0) is 11.7. The molecule has 0 heterocycles. The van der Waals surface area contributed by atoms with Gasteiger partial charge in [-0.3, -0.25) is 0 Å². The maximum Gasteiger partial charge on any atom is 0.430 e. The number of carbonyl (C=O) groups is 1. The molecule has 3 nitrogen and oxygen atoms in total. The molecule has 0 aliphatic heterocycles. The van der Waals surface area contributed by atoms with Gasteiger partial charge in [-0.2, -0.15) is 13.2 Å². The van der Waals surface area contributed by atoms with Crippen molar-refractivity contribution < 1.29 is 28.8 Å². The van der Waals surface area contributed by atoms with Gasteiger partial charge in [0.2, 0.25) is 0 Å². The predicted molar refractivity (Wildman–Crippen MR) is 43.3 cm³/mol. The molecule has 2 rings (SSSR count). The van der Waals surface area contributed by atoms with Crippen LogP contribution < -0.4 is 10.8 Å². The Balaban J connectivity index is 0.000000153. The topological polar surface area (TPSA) is 67.8 Å². The van der Waals surface area contributed by atoms with E-state index in [-0.39, 0.29) is 0 Å². The molecule has 88 valence electrons. The monoisotopic (exact) mass is 225 g/mol. The average molecular weight is 225 g/mol. The minimum absolute atomic E-state index is 0.792. The molecule has 0 aromatic carbocycles. The first-order chi connectivity index (χ1) is 6.78. The van der Waals surface area contributed by atoms with Crippen molar-refractivity contribution in [3.63, 3.8) is 0 Å². The van der Waals surface area contributed by atoms with Crippen molar-refractivity contribution in [2.45, 2.75) is 44.3 Å². The van der Waals surface area contributed by atoms with Crippen molar-refractivity contribution in [2.75, 3.05) is 0 Å². The van der Waals surface area contributed by atoms with Crippen LogP contribution in [0.25, 0.3) is 0 Å². The summed E-state index contributed by atoms with van der Waals surface area (Å²) in [6.45, 7) is 0.